The van der Waals surface area contributed by atoms with Gasteiger partial charge in [-0.25, -0.2) is 12.8 Å². The summed E-state index contributed by atoms with van der Waals surface area (Å²) in [5.74, 6) is -0.645. The highest BCUT2D eigenvalue weighted by molar-refractivity contribution is 7.92. The fourth-order valence-electron chi connectivity index (χ4n) is 1.89. The number of benzene rings is 2. The summed E-state index contributed by atoms with van der Waals surface area (Å²) >= 11 is 0. The zero-order valence-corrected chi connectivity index (χ0v) is 11.6. The maximum atomic E-state index is 13.2. The fourth-order valence-corrected chi connectivity index (χ4v) is 3.39. The van der Waals surface area contributed by atoms with Gasteiger partial charge in [-0.05, 0) is 37.3 Å². The molecule has 0 bridgehead atoms. The van der Waals surface area contributed by atoms with Crippen LogP contribution in [0.1, 0.15) is 6.92 Å². The third-order valence-corrected chi connectivity index (χ3v) is 4.69. The van der Waals surface area contributed by atoms with Crippen molar-refractivity contribution in [1.82, 2.24) is 0 Å². The first-order valence-corrected chi connectivity index (χ1v) is 7.46. The van der Waals surface area contributed by atoms with E-state index >= 15 is 0 Å². The SMILES string of the molecule is CCN(c1cccc(O)c1)S(=O)(=O)c1cccc(F)c1. The minimum Gasteiger partial charge on any atom is -0.508 e. The first-order valence-electron chi connectivity index (χ1n) is 6.02. The van der Waals surface area contributed by atoms with Crippen molar-refractivity contribution in [2.75, 3.05) is 10.8 Å². The van der Waals surface area contributed by atoms with Crippen molar-refractivity contribution in [2.24, 2.45) is 0 Å². The standard InChI is InChI=1S/C14H14FNO3S/c1-2-16(12-6-4-7-13(17)10-12)20(18,19)14-8-3-5-11(15)9-14/h3-10,17H,2H2,1H3. The first kappa shape index (κ1) is 14.3. The van der Waals surface area contributed by atoms with E-state index in [2.05, 4.69) is 0 Å². The normalized spacial score (nSPS) is 11.3. The van der Waals surface area contributed by atoms with Crippen molar-refractivity contribution in [3.8, 4) is 5.75 Å². The number of hydrogen-bond donors (Lipinski definition) is 1. The second-order valence-electron chi connectivity index (χ2n) is 4.15. The molecule has 0 saturated carbocycles. The number of phenols is 1. The molecule has 0 aliphatic rings. The molecule has 2 aromatic rings. The summed E-state index contributed by atoms with van der Waals surface area (Å²) in [5, 5.41) is 9.46. The van der Waals surface area contributed by atoms with Gasteiger partial charge in [0.05, 0.1) is 10.6 Å². The Hall–Kier alpha value is -2.08. The van der Waals surface area contributed by atoms with Gasteiger partial charge in [0, 0.05) is 12.6 Å². The van der Waals surface area contributed by atoms with Gasteiger partial charge in [-0.1, -0.05) is 12.1 Å². The fraction of sp³-hybridized carbons (Fsp3) is 0.143. The molecule has 0 spiro atoms. The number of phenolic OH excluding ortho intramolecular Hbond substituents is 1. The zero-order valence-electron chi connectivity index (χ0n) is 10.8. The number of rotatable bonds is 4. The van der Waals surface area contributed by atoms with Crippen molar-refractivity contribution in [2.45, 2.75) is 11.8 Å². The van der Waals surface area contributed by atoms with Crippen LogP contribution in [0.25, 0.3) is 0 Å². The van der Waals surface area contributed by atoms with Crippen molar-refractivity contribution in [3.63, 3.8) is 0 Å². The van der Waals surface area contributed by atoms with E-state index in [-0.39, 0.29) is 17.2 Å². The molecule has 6 heteroatoms. The van der Waals surface area contributed by atoms with Crippen LogP contribution < -0.4 is 4.31 Å². The molecule has 0 heterocycles. The Balaban J connectivity index is 2.50. The number of sulfonamides is 1. The monoisotopic (exact) mass is 295 g/mol. The predicted molar refractivity (Wildman–Crippen MR) is 74.7 cm³/mol. The lowest BCUT2D eigenvalue weighted by molar-refractivity contribution is 0.475. The molecule has 20 heavy (non-hydrogen) atoms. The van der Waals surface area contributed by atoms with Gasteiger partial charge in [-0.2, -0.15) is 0 Å². The molecule has 2 aromatic carbocycles. The predicted octanol–water partition coefficient (Wildman–Crippen LogP) is 2.75. The Kier molecular flexibility index (Phi) is 3.94. The Morgan fingerprint density at radius 3 is 2.45 bits per heavy atom. The van der Waals surface area contributed by atoms with Gasteiger partial charge < -0.3 is 5.11 Å². The lowest BCUT2D eigenvalue weighted by atomic mass is 10.3. The van der Waals surface area contributed by atoms with Gasteiger partial charge in [-0.3, -0.25) is 4.31 Å². The Labute approximate surface area is 117 Å². The summed E-state index contributed by atoms with van der Waals surface area (Å²) in [7, 11) is -3.86. The molecule has 1 N–H and O–H groups in total. The van der Waals surface area contributed by atoms with Gasteiger partial charge >= 0.3 is 0 Å². The second-order valence-corrected chi connectivity index (χ2v) is 6.01. The summed E-state index contributed by atoms with van der Waals surface area (Å²) < 4.78 is 39.3. The second kappa shape index (κ2) is 5.50. The largest absolute Gasteiger partial charge is 0.508 e. The quantitative estimate of drug-likeness (QED) is 0.943. The van der Waals surface area contributed by atoms with E-state index in [1.165, 1.54) is 30.3 Å². The van der Waals surface area contributed by atoms with Crippen LogP contribution in [0.15, 0.2) is 53.4 Å². The van der Waals surface area contributed by atoms with Crippen molar-refractivity contribution >= 4 is 15.7 Å². The van der Waals surface area contributed by atoms with Gasteiger partial charge in [-0.15, -0.1) is 0 Å². The number of halogens is 1. The molecule has 0 radical (unpaired) electrons. The van der Waals surface area contributed by atoms with Gasteiger partial charge in [0.2, 0.25) is 0 Å². The van der Waals surface area contributed by atoms with Crippen LogP contribution in [0.4, 0.5) is 10.1 Å². The highest BCUT2D eigenvalue weighted by Gasteiger charge is 2.24. The van der Waals surface area contributed by atoms with E-state index in [1.54, 1.807) is 19.1 Å². The average molecular weight is 295 g/mol. The van der Waals surface area contributed by atoms with Crippen molar-refractivity contribution in [1.29, 1.82) is 0 Å². The number of aromatic hydroxyl groups is 1. The lowest BCUT2D eigenvalue weighted by Gasteiger charge is -2.23. The highest BCUT2D eigenvalue weighted by Crippen LogP contribution is 2.26. The van der Waals surface area contributed by atoms with E-state index in [0.717, 1.165) is 10.4 Å². The molecular weight excluding hydrogens is 281 g/mol. The van der Waals surface area contributed by atoms with E-state index in [9.17, 15) is 17.9 Å². The van der Waals surface area contributed by atoms with E-state index in [1.807, 2.05) is 0 Å². The highest BCUT2D eigenvalue weighted by atomic mass is 32.2. The summed E-state index contributed by atoms with van der Waals surface area (Å²) in [5.41, 5.74) is 0.330. The zero-order chi connectivity index (χ0) is 14.8. The minimum absolute atomic E-state index is 0.0320. The lowest BCUT2D eigenvalue weighted by Crippen LogP contribution is -2.30. The van der Waals surface area contributed by atoms with Crippen molar-refractivity contribution in [3.05, 3.63) is 54.3 Å². The Morgan fingerprint density at radius 2 is 1.85 bits per heavy atom. The third-order valence-electron chi connectivity index (χ3n) is 2.79. The Bertz CT molecular complexity index is 716. The molecule has 0 aliphatic carbocycles. The molecule has 0 saturated heterocycles. The van der Waals surface area contributed by atoms with Gasteiger partial charge in [0.15, 0.2) is 0 Å². The molecule has 2 rings (SSSR count). The van der Waals surface area contributed by atoms with Gasteiger partial charge in [0.25, 0.3) is 10.0 Å². The smallest absolute Gasteiger partial charge is 0.264 e. The molecule has 0 amide bonds. The number of anilines is 1. The molecule has 0 unspecified atom stereocenters. The number of hydrogen-bond acceptors (Lipinski definition) is 3. The average Bonchev–Trinajstić information content (AvgIpc) is 2.39. The van der Waals surface area contributed by atoms with Crippen molar-refractivity contribution < 1.29 is 17.9 Å². The maximum absolute atomic E-state index is 13.2. The summed E-state index contributed by atoms with van der Waals surface area (Å²) in [6, 6.07) is 10.8. The van der Waals surface area contributed by atoms with Crippen LogP contribution >= 0.6 is 0 Å². The van der Waals surface area contributed by atoms with Crippen LogP contribution in [-0.2, 0) is 10.0 Å². The topological polar surface area (TPSA) is 57.6 Å². The van der Waals surface area contributed by atoms with Crippen LogP contribution in [0, 0.1) is 5.82 Å². The van der Waals surface area contributed by atoms with Crippen LogP contribution in [0.2, 0.25) is 0 Å². The summed E-state index contributed by atoms with van der Waals surface area (Å²) in [6.07, 6.45) is 0. The molecule has 0 aliphatic heterocycles. The number of nitrogens with zero attached hydrogens (tertiary/aromatic N) is 1. The van der Waals surface area contributed by atoms with Gasteiger partial charge in [0.1, 0.15) is 11.6 Å². The first-order chi connectivity index (χ1) is 9.45. The Morgan fingerprint density at radius 1 is 1.15 bits per heavy atom. The molecule has 0 aromatic heterocycles. The van der Waals surface area contributed by atoms with E-state index in [0.29, 0.717) is 5.69 Å². The van der Waals surface area contributed by atoms with Crippen LogP contribution in [0.3, 0.4) is 0 Å². The minimum atomic E-state index is -3.86. The maximum Gasteiger partial charge on any atom is 0.264 e. The molecule has 0 fully saturated rings. The van der Waals surface area contributed by atoms with Crippen LogP contribution in [0.5, 0.6) is 5.75 Å². The molecule has 106 valence electrons. The van der Waals surface area contributed by atoms with Crippen LogP contribution in [-0.4, -0.2) is 20.1 Å². The summed E-state index contributed by atoms with van der Waals surface area (Å²) in [4.78, 5) is -0.123. The summed E-state index contributed by atoms with van der Waals surface area (Å²) in [6.45, 7) is 1.84. The molecule has 0 atom stereocenters. The van der Waals surface area contributed by atoms with E-state index in [4.69, 9.17) is 0 Å². The van der Waals surface area contributed by atoms with E-state index < -0.39 is 15.8 Å². The molecule has 4 nitrogen and oxygen atoms in total. The third kappa shape index (κ3) is 2.75. The molecular formula is C14H14FNO3S.